The number of nitrogens with one attached hydrogen (secondary N) is 1. The smallest absolute Gasteiger partial charge is 0.309 e. The minimum Gasteiger partial charge on any atom is -0.493 e. The van der Waals surface area contributed by atoms with Crippen molar-refractivity contribution in [3.8, 4) is 11.5 Å². The van der Waals surface area contributed by atoms with Crippen molar-refractivity contribution in [2.24, 2.45) is 5.92 Å². The van der Waals surface area contributed by atoms with Crippen LogP contribution in [0.3, 0.4) is 0 Å². The zero-order valence-corrected chi connectivity index (χ0v) is 18.6. The van der Waals surface area contributed by atoms with Gasteiger partial charge in [-0.15, -0.1) is 0 Å². The van der Waals surface area contributed by atoms with Gasteiger partial charge in [0.1, 0.15) is 5.69 Å². The van der Waals surface area contributed by atoms with E-state index >= 15 is 0 Å². The zero-order valence-electron chi connectivity index (χ0n) is 18.6. The number of hydrogen-bond acceptors (Lipinski definition) is 8. The average molecular weight is 457 g/mol. The molecule has 2 aromatic rings. The summed E-state index contributed by atoms with van der Waals surface area (Å²) in [7, 11) is 3.08. The Labute approximate surface area is 191 Å². The topological polar surface area (TPSA) is 120 Å². The molecule has 0 atom stereocenters. The maximum absolute atomic E-state index is 12.4. The lowest BCUT2D eigenvalue weighted by atomic mass is 9.96. The van der Waals surface area contributed by atoms with E-state index in [4.69, 9.17) is 14.2 Å². The van der Waals surface area contributed by atoms with E-state index in [0.29, 0.717) is 43.1 Å². The lowest BCUT2D eigenvalue weighted by molar-refractivity contribution is -0.384. The molecule has 1 heterocycles. The molecule has 0 radical (unpaired) electrons. The van der Waals surface area contributed by atoms with E-state index in [0.717, 1.165) is 5.56 Å². The fraction of sp³-hybridized carbons (Fsp3) is 0.391. The molecular formula is C23H27N3O7. The SMILES string of the molecule is COc1ccc(CNC(=O)COC(=O)C2CCN(c3ccccc3[N+](=O)[O-])CC2)cc1OC. The molecule has 2 aromatic carbocycles. The summed E-state index contributed by atoms with van der Waals surface area (Å²) in [6, 6.07) is 11.9. The Morgan fingerprint density at radius 3 is 2.45 bits per heavy atom. The van der Waals surface area contributed by atoms with Gasteiger partial charge in [-0.2, -0.15) is 0 Å². The highest BCUT2D eigenvalue weighted by Gasteiger charge is 2.29. The van der Waals surface area contributed by atoms with Crippen LogP contribution in [0, 0.1) is 16.0 Å². The number of anilines is 1. The van der Waals surface area contributed by atoms with Crippen molar-refractivity contribution in [2.75, 3.05) is 38.8 Å². The van der Waals surface area contributed by atoms with Crippen molar-refractivity contribution in [3.63, 3.8) is 0 Å². The normalized spacial score (nSPS) is 13.8. The summed E-state index contributed by atoms with van der Waals surface area (Å²) >= 11 is 0. The van der Waals surface area contributed by atoms with E-state index in [1.54, 1.807) is 43.5 Å². The molecule has 0 spiro atoms. The Morgan fingerprint density at radius 1 is 1.09 bits per heavy atom. The first-order valence-corrected chi connectivity index (χ1v) is 10.6. The number of hydrogen-bond donors (Lipinski definition) is 1. The molecule has 1 aliphatic rings. The second kappa shape index (κ2) is 11.2. The van der Waals surface area contributed by atoms with Crippen molar-refractivity contribution in [1.82, 2.24) is 5.32 Å². The number of methoxy groups -OCH3 is 2. The zero-order chi connectivity index (χ0) is 23.8. The van der Waals surface area contributed by atoms with Gasteiger partial charge in [-0.05, 0) is 36.6 Å². The number of piperidine rings is 1. The van der Waals surface area contributed by atoms with Crippen molar-refractivity contribution >= 4 is 23.3 Å². The molecule has 10 nitrogen and oxygen atoms in total. The predicted octanol–water partition coefficient (Wildman–Crippen LogP) is 2.69. The molecule has 176 valence electrons. The summed E-state index contributed by atoms with van der Waals surface area (Å²) in [6.07, 6.45) is 0.996. The largest absolute Gasteiger partial charge is 0.493 e. The summed E-state index contributed by atoms with van der Waals surface area (Å²) in [6.45, 7) is 0.883. The quantitative estimate of drug-likeness (QED) is 0.347. The first-order chi connectivity index (χ1) is 15.9. The van der Waals surface area contributed by atoms with E-state index in [-0.39, 0.29) is 24.8 Å². The second-order valence-corrected chi connectivity index (χ2v) is 7.58. The number of carbonyl (C=O) groups is 2. The Morgan fingerprint density at radius 2 is 1.79 bits per heavy atom. The van der Waals surface area contributed by atoms with E-state index in [1.807, 2.05) is 4.90 Å². The second-order valence-electron chi connectivity index (χ2n) is 7.58. The van der Waals surface area contributed by atoms with Crippen LogP contribution >= 0.6 is 0 Å². The monoisotopic (exact) mass is 457 g/mol. The highest BCUT2D eigenvalue weighted by Crippen LogP contribution is 2.31. The van der Waals surface area contributed by atoms with Crippen LogP contribution in [0.15, 0.2) is 42.5 Å². The van der Waals surface area contributed by atoms with Crippen LogP contribution in [0.5, 0.6) is 11.5 Å². The molecule has 1 fully saturated rings. The average Bonchev–Trinajstić information content (AvgIpc) is 2.85. The van der Waals surface area contributed by atoms with Crippen molar-refractivity contribution < 1.29 is 28.7 Å². The first kappa shape index (κ1) is 23.8. The summed E-state index contributed by atoms with van der Waals surface area (Å²) in [4.78, 5) is 37.2. The molecule has 1 aliphatic heterocycles. The number of carbonyl (C=O) groups excluding carboxylic acids is 2. The highest BCUT2D eigenvalue weighted by molar-refractivity contribution is 5.81. The molecule has 1 amide bonds. The van der Waals surface area contributed by atoms with E-state index < -0.39 is 16.8 Å². The number of esters is 1. The van der Waals surface area contributed by atoms with E-state index in [2.05, 4.69) is 5.32 Å². The molecule has 0 bridgehead atoms. The number of rotatable bonds is 9. The fourth-order valence-electron chi connectivity index (χ4n) is 3.74. The number of benzene rings is 2. The minimum atomic E-state index is -0.432. The predicted molar refractivity (Wildman–Crippen MR) is 120 cm³/mol. The highest BCUT2D eigenvalue weighted by atomic mass is 16.6. The first-order valence-electron chi connectivity index (χ1n) is 10.6. The molecule has 0 aromatic heterocycles. The number of ether oxygens (including phenoxy) is 3. The van der Waals surface area contributed by atoms with Crippen molar-refractivity contribution in [1.29, 1.82) is 0 Å². The van der Waals surface area contributed by atoms with Gasteiger partial charge in [-0.1, -0.05) is 18.2 Å². The third-order valence-electron chi connectivity index (χ3n) is 5.53. The number of nitro groups is 1. The van der Waals surface area contributed by atoms with Crippen LogP contribution in [0.1, 0.15) is 18.4 Å². The summed E-state index contributed by atoms with van der Waals surface area (Å²) in [5, 5.41) is 14.0. The standard InChI is InChI=1S/C23H27N3O7/c1-31-20-8-7-16(13-21(20)32-2)14-24-22(27)15-33-23(28)17-9-11-25(12-10-17)18-5-3-4-6-19(18)26(29)30/h3-8,13,17H,9-12,14-15H2,1-2H3,(H,24,27). The number of amides is 1. The third-order valence-corrected chi connectivity index (χ3v) is 5.53. The van der Waals surface area contributed by atoms with E-state index in [1.165, 1.54) is 13.2 Å². The number of para-hydroxylation sites is 2. The van der Waals surface area contributed by atoms with Gasteiger partial charge in [0.25, 0.3) is 11.6 Å². The van der Waals surface area contributed by atoms with Crippen LogP contribution in [-0.2, 0) is 20.9 Å². The van der Waals surface area contributed by atoms with Crippen LogP contribution in [0.2, 0.25) is 0 Å². The molecule has 33 heavy (non-hydrogen) atoms. The molecule has 0 unspecified atom stereocenters. The van der Waals surface area contributed by atoms with Gasteiger partial charge in [0.15, 0.2) is 18.1 Å². The molecule has 0 saturated carbocycles. The van der Waals surface area contributed by atoms with Gasteiger partial charge < -0.3 is 24.4 Å². The Balaban J connectivity index is 1.43. The third kappa shape index (κ3) is 6.12. The Hall–Kier alpha value is -3.82. The van der Waals surface area contributed by atoms with Crippen LogP contribution in [-0.4, -0.2) is 50.7 Å². The van der Waals surface area contributed by atoms with Crippen LogP contribution in [0.25, 0.3) is 0 Å². The van der Waals surface area contributed by atoms with Gasteiger partial charge in [0.2, 0.25) is 0 Å². The lowest BCUT2D eigenvalue weighted by Gasteiger charge is -2.32. The van der Waals surface area contributed by atoms with E-state index in [9.17, 15) is 19.7 Å². The van der Waals surface area contributed by atoms with Gasteiger partial charge in [0.05, 0.1) is 25.1 Å². The molecule has 1 saturated heterocycles. The number of nitrogens with zero attached hydrogens (tertiary/aromatic N) is 2. The van der Waals surface area contributed by atoms with Gasteiger partial charge in [0, 0.05) is 25.7 Å². The van der Waals surface area contributed by atoms with Crippen molar-refractivity contribution in [2.45, 2.75) is 19.4 Å². The minimum absolute atomic E-state index is 0.0460. The Bertz CT molecular complexity index is 1000. The molecule has 10 heteroatoms. The maximum Gasteiger partial charge on any atom is 0.309 e. The maximum atomic E-state index is 12.4. The summed E-state index contributed by atoms with van der Waals surface area (Å²) < 4.78 is 15.6. The molecular weight excluding hydrogens is 430 g/mol. The van der Waals surface area contributed by atoms with Crippen molar-refractivity contribution in [3.05, 3.63) is 58.1 Å². The fourth-order valence-corrected chi connectivity index (χ4v) is 3.74. The molecule has 1 N–H and O–H groups in total. The number of nitro benzene ring substituents is 1. The summed E-state index contributed by atoms with van der Waals surface area (Å²) in [5.74, 6) is -0.0334. The van der Waals surface area contributed by atoms with Crippen LogP contribution in [0.4, 0.5) is 11.4 Å². The van der Waals surface area contributed by atoms with Gasteiger partial charge in [-0.3, -0.25) is 19.7 Å². The lowest BCUT2D eigenvalue weighted by Crippen LogP contribution is -2.38. The molecule has 0 aliphatic carbocycles. The summed E-state index contributed by atoms with van der Waals surface area (Å²) in [5.41, 5.74) is 1.41. The van der Waals surface area contributed by atoms with Gasteiger partial charge in [-0.25, -0.2) is 0 Å². The Kier molecular flexibility index (Phi) is 8.06. The van der Waals surface area contributed by atoms with Gasteiger partial charge >= 0.3 is 5.97 Å². The van der Waals surface area contributed by atoms with Crippen LogP contribution < -0.4 is 19.7 Å². The molecule has 3 rings (SSSR count).